The maximum Gasteiger partial charge on any atom is 0.407 e. The maximum atomic E-state index is 12.5. The summed E-state index contributed by atoms with van der Waals surface area (Å²) in [5.41, 5.74) is 4.48. The van der Waals surface area contributed by atoms with Crippen LogP contribution in [0.2, 0.25) is 0 Å². The van der Waals surface area contributed by atoms with Crippen LogP contribution >= 0.6 is 0 Å². The van der Waals surface area contributed by atoms with Gasteiger partial charge in [-0.25, -0.2) is 4.79 Å². The van der Waals surface area contributed by atoms with Gasteiger partial charge in [0.15, 0.2) is 0 Å². The second-order valence-electron chi connectivity index (χ2n) is 7.72. The van der Waals surface area contributed by atoms with E-state index in [1.165, 1.54) is 0 Å². The molecule has 0 saturated heterocycles. The Morgan fingerprint density at radius 3 is 2.16 bits per heavy atom. The molecule has 0 aliphatic heterocycles. The Kier molecular flexibility index (Phi) is 7.25. The summed E-state index contributed by atoms with van der Waals surface area (Å²) in [7, 11) is 3.55. The first kappa shape index (κ1) is 22.3. The summed E-state index contributed by atoms with van der Waals surface area (Å²) < 4.78 is 5.50. The quantitative estimate of drug-likeness (QED) is 0.568. The van der Waals surface area contributed by atoms with Crippen molar-refractivity contribution in [3.63, 3.8) is 0 Å². The number of rotatable bonds is 9. The Morgan fingerprint density at radius 1 is 1.03 bits per heavy atom. The molecule has 1 atom stereocenters. The van der Waals surface area contributed by atoms with Crippen molar-refractivity contribution >= 4 is 18.0 Å². The molecule has 1 unspecified atom stereocenters. The summed E-state index contributed by atoms with van der Waals surface area (Å²) in [4.78, 5) is 37.3. The number of likely N-dealkylation sites (N-methyl/N-ethyl adjacent to an activating group) is 1. The van der Waals surface area contributed by atoms with Crippen LogP contribution < -0.4 is 10.6 Å². The van der Waals surface area contributed by atoms with Crippen molar-refractivity contribution in [2.75, 3.05) is 33.8 Å². The SMILES string of the molecule is CN(C)CC(NC(=O)OCC1c2ccccc2-c2ccccc21)C(=O)NCCC(=O)O. The average Bonchev–Trinajstić information content (AvgIpc) is 3.05. The van der Waals surface area contributed by atoms with Gasteiger partial charge in [-0.05, 0) is 36.3 Å². The number of carboxylic acids is 1. The molecular weight excluding hydrogens is 398 g/mol. The van der Waals surface area contributed by atoms with E-state index >= 15 is 0 Å². The van der Waals surface area contributed by atoms with Gasteiger partial charge in [0.1, 0.15) is 12.6 Å². The molecule has 164 valence electrons. The van der Waals surface area contributed by atoms with Crippen LogP contribution in [0.5, 0.6) is 0 Å². The van der Waals surface area contributed by atoms with E-state index in [0.717, 1.165) is 22.3 Å². The number of hydrogen-bond acceptors (Lipinski definition) is 5. The first-order valence-corrected chi connectivity index (χ1v) is 10.1. The van der Waals surface area contributed by atoms with Crippen LogP contribution in [0.1, 0.15) is 23.5 Å². The lowest BCUT2D eigenvalue weighted by Crippen LogP contribution is -2.52. The first-order chi connectivity index (χ1) is 14.9. The van der Waals surface area contributed by atoms with Gasteiger partial charge >= 0.3 is 12.1 Å². The minimum absolute atomic E-state index is 0.00946. The van der Waals surface area contributed by atoms with Crippen LogP contribution in [0, 0.1) is 0 Å². The highest BCUT2D eigenvalue weighted by Gasteiger charge is 2.29. The predicted molar refractivity (Wildman–Crippen MR) is 116 cm³/mol. The molecule has 0 spiro atoms. The van der Waals surface area contributed by atoms with Gasteiger partial charge in [0, 0.05) is 19.0 Å². The first-order valence-electron chi connectivity index (χ1n) is 10.1. The van der Waals surface area contributed by atoms with Crippen LogP contribution in [0.15, 0.2) is 48.5 Å². The third kappa shape index (κ3) is 5.61. The van der Waals surface area contributed by atoms with Crippen molar-refractivity contribution < 1.29 is 24.2 Å². The Hall–Kier alpha value is -3.39. The zero-order valence-electron chi connectivity index (χ0n) is 17.6. The third-order valence-electron chi connectivity index (χ3n) is 5.14. The van der Waals surface area contributed by atoms with Crippen molar-refractivity contribution in [3.05, 3.63) is 59.7 Å². The molecule has 1 aliphatic carbocycles. The molecule has 0 radical (unpaired) electrons. The Balaban J connectivity index is 1.62. The topological polar surface area (TPSA) is 108 Å². The molecule has 2 aromatic carbocycles. The summed E-state index contributed by atoms with van der Waals surface area (Å²) in [5.74, 6) is -1.53. The minimum atomic E-state index is -1.01. The Labute approximate surface area is 181 Å². The Bertz CT molecular complexity index is 914. The highest BCUT2D eigenvalue weighted by Crippen LogP contribution is 2.44. The highest BCUT2D eigenvalue weighted by molar-refractivity contribution is 5.86. The van der Waals surface area contributed by atoms with Gasteiger partial charge in [-0.1, -0.05) is 48.5 Å². The third-order valence-corrected chi connectivity index (χ3v) is 5.14. The molecule has 8 nitrogen and oxygen atoms in total. The number of ether oxygens (including phenoxy) is 1. The van der Waals surface area contributed by atoms with Crippen LogP contribution in [-0.2, 0) is 14.3 Å². The lowest BCUT2D eigenvalue weighted by atomic mass is 9.98. The zero-order valence-corrected chi connectivity index (χ0v) is 17.6. The fourth-order valence-electron chi connectivity index (χ4n) is 3.76. The maximum absolute atomic E-state index is 12.5. The van der Waals surface area contributed by atoms with Gasteiger partial charge in [-0.3, -0.25) is 9.59 Å². The number of carbonyl (C=O) groups excluding carboxylic acids is 2. The molecule has 3 rings (SSSR count). The van der Waals surface area contributed by atoms with Crippen LogP contribution in [-0.4, -0.2) is 67.8 Å². The summed E-state index contributed by atoms with van der Waals surface area (Å²) in [6.45, 7) is 0.392. The minimum Gasteiger partial charge on any atom is -0.481 e. The number of amides is 2. The van der Waals surface area contributed by atoms with Gasteiger partial charge in [0.2, 0.25) is 5.91 Å². The number of carboxylic acid groups (broad SMARTS) is 1. The molecule has 31 heavy (non-hydrogen) atoms. The standard InChI is InChI=1S/C23H27N3O5/c1-26(2)13-20(22(29)24-12-11-21(27)28)25-23(30)31-14-19-17-9-5-3-7-15(17)16-8-4-6-10-18(16)19/h3-10,19-20H,11-14H2,1-2H3,(H,24,29)(H,25,30)(H,27,28). The van der Waals surface area contributed by atoms with Crippen molar-refractivity contribution in [2.45, 2.75) is 18.4 Å². The molecule has 2 aromatic rings. The molecule has 1 aliphatic rings. The van der Waals surface area contributed by atoms with Gasteiger partial charge in [-0.15, -0.1) is 0 Å². The second-order valence-corrected chi connectivity index (χ2v) is 7.72. The summed E-state index contributed by atoms with van der Waals surface area (Å²) >= 11 is 0. The molecule has 0 heterocycles. The lowest BCUT2D eigenvalue weighted by molar-refractivity contribution is -0.137. The molecular formula is C23H27N3O5. The van der Waals surface area contributed by atoms with Crippen molar-refractivity contribution in [1.82, 2.24) is 15.5 Å². The summed E-state index contributed by atoms with van der Waals surface area (Å²) in [6, 6.07) is 15.2. The van der Waals surface area contributed by atoms with E-state index < -0.39 is 24.0 Å². The van der Waals surface area contributed by atoms with Gasteiger partial charge in [0.25, 0.3) is 0 Å². The molecule has 0 aromatic heterocycles. The number of aliphatic carboxylic acids is 1. The van der Waals surface area contributed by atoms with Gasteiger partial charge < -0.3 is 25.4 Å². The van der Waals surface area contributed by atoms with E-state index in [9.17, 15) is 14.4 Å². The molecule has 0 fully saturated rings. The normalized spacial score (nSPS) is 13.3. The largest absolute Gasteiger partial charge is 0.481 e. The fourth-order valence-corrected chi connectivity index (χ4v) is 3.76. The van der Waals surface area contributed by atoms with Crippen molar-refractivity contribution in [1.29, 1.82) is 0 Å². The molecule has 0 saturated carbocycles. The molecule has 3 N–H and O–H groups in total. The Morgan fingerprint density at radius 2 is 1.61 bits per heavy atom. The van der Waals surface area contributed by atoms with E-state index in [-0.39, 0.29) is 32.0 Å². The number of hydrogen-bond donors (Lipinski definition) is 3. The molecule has 0 bridgehead atoms. The molecule has 2 amide bonds. The number of benzene rings is 2. The van der Waals surface area contributed by atoms with E-state index in [4.69, 9.17) is 9.84 Å². The van der Waals surface area contributed by atoms with Crippen LogP contribution in [0.25, 0.3) is 11.1 Å². The number of fused-ring (bicyclic) bond motifs is 3. The van der Waals surface area contributed by atoms with Crippen LogP contribution in [0.4, 0.5) is 4.79 Å². The highest BCUT2D eigenvalue weighted by atomic mass is 16.5. The van der Waals surface area contributed by atoms with E-state index in [1.807, 2.05) is 36.4 Å². The number of alkyl carbamates (subject to hydrolysis) is 1. The summed E-state index contributed by atoms with van der Waals surface area (Å²) in [6.07, 6.45) is -0.882. The number of nitrogens with one attached hydrogen (secondary N) is 2. The number of nitrogens with zero attached hydrogens (tertiary/aromatic N) is 1. The fraction of sp³-hybridized carbons (Fsp3) is 0.348. The van der Waals surface area contributed by atoms with E-state index in [2.05, 4.69) is 22.8 Å². The van der Waals surface area contributed by atoms with Gasteiger partial charge in [0.05, 0.1) is 6.42 Å². The van der Waals surface area contributed by atoms with Crippen LogP contribution in [0.3, 0.4) is 0 Å². The average molecular weight is 425 g/mol. The second kappa shape index (κ2) is 10.1. The smallest absolute Gasteiger partial charge is 0.407 e. The lowest BCUT2D eigenvalue weighted by Gasteiger charge is -2.22. The van der Waals surface area contributed by atoms with Gasteiger partial charge in [-0.2, -0.15) is 0 Å². The van der Waals surface area contributed by atoms with E-state index in [1.54, 1.807) is 19.0 Å². The summed E-state index contributed by atoms with van der Waals surface area (Å²) in [5, 5.41) is 13.8. The van der Waals surface area contributed by atoms with E-state index in [0.29, 0.717) is 0 Å². The predicted octanol–water partition coefficient (Wildman–Crippen LogP) is 2.05. The number of carbonyl (C=O) groups is 3. The zero-order chi connectivity index (χ0) is 22.4. The molecule has 8 heteroatoms. The van der Waals surface area contributed by atoms with Crippen molar-refractivity contribution in [3.8, 4) is 11.1 Å². The monoisotopic (exact) mass is 425 g/mol. The van der Waals surface area contributed by atoms with Crippen molar-refractivity contribution in [2.24, 2.45) is 0 Å².